The molecule has 0 spiro atoms. The van der Waals surface area contributed by atoms with Gasteiger partial charge in [-0.3, -0.25) is 4.72 Å². The van der Waals surface area contributed by atoms with E-state index in [1.807, 2.05) is 0 Å². The van der Waals surface area contributed by atoms with Crippen LogP contribution in [0.2, 0.25) is 5.02 Å². The third-order valence-electron chi connectivity index (χ3n) is 3.57. The van der Waals surface area contributed by atoms with Crippen LogP contribution in [0.15, 0.2) is 58.3 Å². The molecule has 0 aliphatic rings. The monoisotopic (exact) mass is 402 g/mol. The summed E-state index contributed by atoms with van der Waals surface area (Å²) in [4.78, 5) is 0.0302. The zero-order chi connectivity index (χ0) is 18.7. The van der Waals surface area contributed by atoms with E-state index < -0.39 is 20.0 Å². The predicted molar refractivity (Wildman–Crippen MR) is 98.8 cm³/mol. The molecule has 0 atom stereocenters. The number of hydrogen-bond acceptors (Lipinski definition) is 4. The Morgan fingerprint density at radius 1 is 0.840 bits per heavy atom. The van der Waals surface area contributed by atoms with Gasteiger partial charge in [0, 0.05) is 23.8 Å². The maximum Gasteiger partial charge on any atom is 0.261 e. The van der Waals surface area contributed by atoms with E-state index >= 15 is 0 Å². The van der Waals surface area contributed by atoms with Crippen molar-refractivity contribution in [2.45, 2.75) is 23.6 Å². The van der Waals surface area contributed by atoms with E-state index in [1.165, 1.54) is 28.6 Å². The second-order valence-electron chi connectivity index (χ2n) is 5.17. The first-order valence-electron chi connectivity index (χ1n) is 7.59. The Bertz CT molecular complexity index is 921. The molecular formula is C16H19ClN2O4S2. The first-order chi connectivity index (χ1) is 11.7. The molecule has 6 nitrogen and oxygen atoms in total. The molecule has 0 saturated heterocycles. The Hall–Kier alpha value is -1.61. The van der Waals surface area contributed by atoms with Gasteiger partial charge in [-0.15, -0.1) is 0 Å². The summed E-state index contributed by atoms with van der Waals surface area (Å²) in [5, 5.41) is 0.494. The van der Waals surface area contributed by atoms with E-state index in [9.17, 15) is 16.8 Å². The van der Waals surface area contributed by atoms with Gasteiger partial charge in [0.15, 0.2) is 0 Å². The third kappa shape index (κ3) is 4.52. The van der Waals surface area contributed by atoms with Crippen LogP contribution in [0.4, 0.5) is 5.69 Å². The van der Waals surface area contributed by atoms with Crippen LogP contribution in [0, 0.1) is 0 Å². The zero-order valence-electron chi connectivity index (χ0n) is 13.8. The fraction of sp³-hybridized carbons (Fsp3) is 0.250. The molecule has 0 aromatic heterocycles. The zero-order valence-corrected chi connectivity index (χ0v) is 16.2. The molecule has 0 unspecified atom stereocenters. The Morgan fingerprint density at radius 2 is 1.32 bits per heavy atom. The molecule has 136 valence electrons. The van der Waals surface area contributed by atoms with Gasteiger partial charge < -0.3 is 0 Å². The van der Waals surface area contributed by atoms with Crippen LogP contribution in [0.3, 0.4) is 0 Å². The highest BCUT2D eigenvalue weighted by molar-refractivity contribution is 7.92. The summed E-state index contributed by atoms with van der Waals surface area (Å²) in [5.41, 5.74) is 0.365. The number of sulfonamides is 2. The molecule has 2 aromatic rings. The van der Waals surface area contributed by atoms with Crippen molar-refractivity contribution in [3.63, 3.8) is 0 Å². The number of hydrogen-bond donors (Lipinski definition) is 1. The van der Waals surface area contributed by atoms with E-state index in [0.29, 0.717) is 23.8 Å². The smallest absolute Gasteiger partial charge is 0.261 e. The summed E-state index contributed by atoms with van der Waals surface area (Å²) in [6, 6.07) is 11.4. The quantitative estimate of drug-likeness (QED) is 0.770. The molecule has 0 saturated carbocycles. The number of anilines is 1. The number of benzene rings is 2. The van der Waals surface area contributed by atoms with Gasteiger partial charge in [0.1, 0.15) is 0 Å². The Kier molecular flexibility index (Phi) is 6.10. The maximum absolute atomic E-state index is 12.4. The van der Waals surface area contributed by atoms with Gasteiger partial charge >= 0.3 is 0 Å². The molecule has 2 rings (SSSR count). The van der Waals surface area contributed by atoms with Crippen LogP contribution in [0.1, 0.15) is 13.8 Å². The van der Waals surface area contributed by atoms with Crippen molar-refractivity contribution in [3.8, 4) is 0 Å². The summed E-state index contributed by atoms with van der Waals surface area (Å²) < 4.78 is 53.4. The molecule has 25 heavy (non-hydrogen) atoms. The van der Waals surface area contributed by atoms with Crippen molar-refractivity contribution < 1.29 is 16.8 Å². The van der Waals surface area contributed by atoms with Crippen molar-refractivity contribution >= 4 is 37.3 Å². The minimum atomic E-state index is -3.82. The average molecular weight is 403 g/mol. The SMILES string of the molecule is CCN(CC)S(=O)(=O)c1ccc(S(=O)(=O)Nc2ccc(Cl)cc2)cc1. The Morgan fingerprint density at radius 3 is 1.80 bits per heavy atom. The lowest BCUT2D eigenvalue weighted by molar-refractivity contribution is 0.445. The van der Waals surface area contributed by atoms with Crippen molar-refractivity contribution in [2.75, 3.05) is 17.8 Å². The first-order valence-corrected chi connectivity index (χ1v) is 10.9. The molecule has 0 aliphatic heterocycles. The predicted octanol–water partition coefficient (Wildman–Crippen LogP) is 3.17. The van der Waals surface area contributed by atoms with Crippen molar-refractivity contribution in [1.82, 2.24) is 4.31 Å². The van der Waals surface area contributed by atoms with Crippen molar-refractivity contribution in [2.24, 2.45) is 0 Å². The second-order valence-corrected chi connectivity index (χ2v) is 9.23. The largest absolute Gasteiger partial charge is 0.280 e. The third-order valence-corrected chi connectivity index (χ3v) is 7.29. The fourth-order valence-corrected chi connectivity index (χ4v) is 4.88. The summed E-state index contributed by atoms with van der Waals surface area (Å²) in [5.74, 6) is 0. The Labute approximate surface area is 153 Å². The molecule has 0 bridgehead atoms. The minimum Gasteiger partial charge on any atom is -0.280 e. The van der Waals surface area contributed by atoms with Crippen molar-refractivity contribution in [1.29, 1.82) is 0 Å². The highest BCUT2D eigenvalue weighted by Crippen LogP contribution is 2.21. The van der Waals surface area contributed by atoms with Gasteiger partial charge in [-0.1, -0.05) is 25.4 Å². The second kappa shape index (κ2) is 7.74. The minimum absolute atomic E-state index is 0.0269. The number of nitrogens with one attached hydrogen (secondary N) is 1. The van der Waals surface area contributed by atoms with Crippen LogP contribution in [-0.2, 0) is 20.0 Å². The highest BCUT2D eigenvalue weighted by Gasteiger charge is 2.22. The van der Waals surface area contributed by atoms with E-state index in [0.717, 1.165) is 0 Å². The van der Waals surface area contributed by atoms with E-state index in [-0.39, 0.29) is 9.79 Å². The van der Waals surface area contributed by atoms with Crippen LogP contribution in [0.5, 0.6) is 0 Å². The molecule has 0 aliphatic carbocycles. The molecule has 0 fully saturated rings. The van der Waals surface area contributed by atoms with Gasteiger partial charge in [-0.25, -0.2) is 16.8 Å². The van der Waals surface area contributed by atoms with Gasteiger partial charge in [-0.2, -0.15) is 4.31 Å². The van der Waals surface area contributed by atoms with E-state index in [4.69, 9.17) is 11.6 Å². The molecule has 1 N–H and O–H groups in total. The summed E-state index contributed by atoms with van der Waals surface area (Å²) in [6.07, 6.45) is 0. The first kappa shape index (κ1) is 19.7. The molecule has 9 heteroatoms. The van der Waals surface area contributed by atoms with Crippen LogP contribution >= 0.6 is 11.6 Å². The number of rotatable bonds is 7. The normalized spacial score (nSPS) is 12.3. The fourth-order valence-electron chi connectivity index (χ4n) is 2.24. The lowest BCUT2D eigenvalue weighted by Gasteiger charge is -2.18. The standard InChI is InChI=1S/C16H19ClN2O4S2/c1-3-19(4-2)25(22,23)16-11-9-15(10-12-16)24(20,21)18-14-7-5-13(17)6-8-14/h5-12,18H,3-4H2,1-2H3. The summed E-state index contributed by atoms with van der Waals surface area (Å²) >= 11 is 5.77. The van der Waals surface area contributed by atoms with Crippen LogP contribution < -0.4 is 4.72 Å². The van der Waals surface area contributed by atoms with Crippen molar-refractivity contribution in [3.05, 3.63) is 53.6 Å². The van der Waals surface area contributed by atoms with Gasteiger partial charge in [-0.05, 0) is 48.5 Å². The van der Waals surface area contributed by atoms with Gasteiger partial charge in [0.05, 0.1) is 9.79 Å². The number of halogens is 1. The van der Waals surface area contributed by atoms with Gasteiger partial charge in [0.25, 0.3) is 10.0 Å². The summed E-state index contributed by atoms with van der Waals surface area (Å²) in [6.45, 7) is 4.18. The van der Waals surface area contributed by atoms with Crippen LogP contribution in [-0.4, -0.2) is 34.2 Å². The van der Waals surface area contributed by atoms with Gasteiger partial charge in [0.2, 0.25) is 10.0 Å². The Balaban J connectivity index is 2.28. The summed E-state index contributed by atoms with van der Waals surface area (Å²) in [7, 11) is -7.44. The maximum atomic E-state index is 12.4. The van der Waals surface area contributed by atoms with Crippen LogP contribution in [0.25, 0.3) is 0 Å². The molecular weight excluding hydrogens is 384 g/mol. The highest BCUT2D eigenvalue weighted by atomic mass is 35.5. The average Bonchev–Trinajstić information content (AvgIpc) is 2.58. The molecule has 0 amide bonds. The van der Waals surface area contributed by atoms with E-state index in [2.05, 4.69) is 4.72 Å². The molecule has 0 radical (unpaired) electrons. The number of nitrogens with zero attached hydrogens (tertiary/aromatic N) is 1. The van der Waals surface area contributed by atoms with E-state index in [1.54, 1.807) is 38.1 Å². The molecule has 0 heterocycles. The lowest BCUT2D eigenvalue weighted by atomic mass is 10.3. The molecule has 2 aromatic carbocycles. The lowest BCUT2D eigenvalue weighted by Crippen LogP contribution is -2.30. The topological polar surface area (TPSA) is 83.6 Å².